The van der Waals surface area contributed by atoms with Gasteiger partial charge in [-0.1, -0.05) is 25.6 Å². The first-order valence-corrected chi connectivity index (χ1v) is 8.65. The topological polar surface area (TPSA) is 24.4 Å². The second-order valence-electron chi connectivity index (χ2n) is 6.72. The van der Waals surface area contributed by atoms with Gasteiger partial charge in [-0.3, -0.25) is 4.99 Å². The Morgan fingerprint density at radius 1 is 1.28 bits per heavy atom. The standard InChI is InChI=1S/C15H26N2S/c1-3-14(7-4-8-14)16-13-17-15(11-18-13)9-5-12(2)6-10-15/h12H,3-11H2,1-2H3,(H,16,17). The lowest BCUT2D eigenvalue weighted by Gasteiger charge is -2.38. The van der Waals surface area contributed by atoms with E-state index in [1.54, 1.807) is 0 Å². The van der Waals surface area contributed by atoms with Gasteiger partial charge >= 0.3 is 0 Å². The van der Waals surface area contributed by atoms with Crippen LogP contribution in [0.1, 0.15) is 65.2 Å². The Morgan fingerprint density at radius 3 is 2.56 bits per heavy atom. The molecule has 0 amide bonds. The third-order valence-electron chi connectivity index (χ3n) is 5.37. The summed E-state index contributed by atoms with van der Waals surface area (Å²) >= 11 is 1.98. The molecule has 1 saturated heterocycles. The largest absolute Gasteiger partial charge is 0.359 e. The summed E-state index contributed by atoms with van der Waals surface area (Å²) < 4.78 is 0. The molecule has 2 aliphatic carbocycles. The first kappa shape index (κ1) is 12.8. The normalized spacial score (nSPS) is 40.8. The van der Waals surface area contributed by atoms with Crippen molar-refractivity contribution in [1.29, 1.82) is 0 Å². The molecule has 1 N–H and O–H groups in total. The molecule has 18 heavy (non-hydrogen) atoms. The number of hydrogen-bond acceptors (Lipinski definition) is 2. The van der Waals surface area contributed by atoms with Crippen LogP contribution in [0.5, 0.6) is 0 Å². The van der Waals surface area contributed by atoms with Gasteiger partial charge in [0.2, 0.25) is 0 Å². The van der Waals surface area contributed by atoms with E-state index in [1.165, 1.54) is 62.3 Å². The maximum absolute atomic E-state index is 5.07. The van der Waals surface area contributed by atoms with Crippen molar-refractivity contribution in [1.82, 2.24) is 5.32 Å². The molecule has 2 saturated carbocycles. The van der Waals surface area contributed by atoms with E-state index in [2.05, 4.69) is 19.2 Å². The third-order valence-corrected chi connectivity index (χ3v) is 6.53. The zero-order chi connectivity index (χ0) is 12.6. The Hall–Kier alpha value is -0.180. The average Bonchev–Trinajstić information content (AvgIpc) is 2.72. The van der Waals surface area contributed by atoms with E-state index in [0.29, 0.717) is 11.1 Å². The Balaban J connectivity index is 1.66. The molecule has 3 fully saturated rings. The summed E-state index contributed by atoms with van der Waals surface area (Å²) in [5.41, 5.74) is 0.706. The highest BCUT2D eigenvalue weighted by Gasteiger charge is 2.42. The summed E-state index contributed by atoms with van der Waals surface area (Å²) in [4.78, 5) is 5.07. The number of hydrogen-bond donors (Lipinski definition) is 1. The fraction of sp³-hybridized carbons (Fsp3) is 0.933. The molecule has 3 heteroatoms. The second-order valence-corrected chi connectivity index (χ2v) is 7.69. The Kier molecular flexibility index (Phi) is 3.38. The maximum atomic E-state index is 5.07. The predicted octanol–water partition coefficient (Wildman–Crippen LogP) is 3.96. The van der Waals surface area contributed by atoms with E-state index >= 15 is 0 Å². The van der Waals surface area contributed by atoms with Crippen LogP contribution in [0.25, 0.3) is 0 Å². The number of rotatable bonds is 2. The van der Waals surface area contributed by atoms with E-state index in [4.69, 9.17) is 4.99 Å². The van der Waals surface area contributed by atoms with E-state index < -0.39 is 0 Å². The summed E-state index contributed by atoms with van der Waals surface area (Å²) in [6.07, 6.45) is 10.7. The third kappa shape index (κ3) is 2.31. The van der Waals surface area contributed by atoms with Gasteiger partial charge in [-0.05, 0) is 57.3 Å². The van der Waals surface area contributed by atoms with Gasteiger partial charge in [-0.25, -0.2) is 0 Å². The number of aliphatic imine (C=N–C) groups is 1. The lowest BCUT2D eigenvalue weighted by molar-refractivity contribution is 0.236. The molecule has 0 aromatic heterocycles. The number of amidine groups is 1. The molecule has 0 aromatic rings. The minimum absolute atomic E-state index is 0.308. The van der Waals surface area contributed by atoms with Gasteiger partial charge in [0.15, 0.2) is 5.17 Å². The number of nitrogens with one attached hydrogen (secondary N) is 1. The highest BCUT2D eigenvalue weighted by atomic mass is 32.2. The molecule has 0 aromatic carbocycles. The SMILES string of the molecule is CCC1(N=C2NC3(CCC(C)CC3)CS2)CCC1. The van der Waals surface area contributed by atoms with Crippen molar-refractivity contribution in [3.63, 3.8) is 0 Å². The average molecular weight is 266 g/mol. The fourth-order valence-corrected chi connectivity index (χ4v) is 4.82. The molecule has 0 bridgehead atoms. The van der Waals surface area contributed by atoms with Crippen molar-refractivity contribution in [3.05, 3.63) is 0 Å². The van der Waals surface area contributed by atoms with Gasteiger partial charge in [0, 0.05) is 11.3 Å². The summed E-state index contributed by atoms with van der Waals surface area (Å²) in [6.45, 7) is 4.69. The highest BCUT2D eigenvalue weighted by Crippen LogP contribution is 2.42. The van der Waals surface area contributed by atoms with Crippen LogP contribution in [0.4, 0.5) is 0 Å². The van der Waals surface area contributed by atoms with Crippen LogP contribution in [-0.2, 0) is 0 Å². The molecule has 1 spiro atoms. The van der Waals surface area contributed by atoms with Crippen molar-refractivity contribution in [2.75, 3.05) is 5.75 Å². The lowest BCUT2D eigenvalue weighted by atomic mass is 9.75. The van der Waals surface area contributed by atoms with Gasteiger partial charge < -0.3 is 5.32 Å². The number of thioether (sulfide) groups is 1. The van der Waals surface area contributed by atoms with Crippen LogP contribution >= 0.6 is 11.8 Å². The van der Waals surface area contributed by atoms with E-state index in [9.17, 15) is 0 Å². The van der Waals surface area contributed by atoms with Crippen molar-refractivity contribution in [3.8, 4) is 0 Å². The predicted molar refractivity (Wildman–Crippen MR) is 80.3 cm³/mol. The van der Waals surface area contributed by atoms with Crippen molar-refractivity contribution in [2.45, 2.75) is 76.3 Å². The van der Waals surface area contributed by atoms with Gasteiger partial charge in [-0.15, -0.1) is 0 Å². The summed E-state index contributed by atoms with van der Waals surface area (Å²) in [5.74, 6) is 2.18. The lowest BCUT2D eigenvalue weighted by Crippen LogP contribution is -2.47. The minimum Gasteiger partial charge on any atom is -0.359 e. The molecule has 0 radical (unpaired) electrons. The Morgan fingerprint density at radius 2 is 2.00 bits per heavy atom. The molecule has 3 aliphatic rings. The van der Waals surface area contributed by atoms with Crippen LogP contribution in [0.2, 0.25) is 0 Å². The van der Waals surface area contributed by atoms with Crippen LogP contribution in [-0.4, -0.2) is 22.0 Å². The number of nitrogens with zero attached hydrogens (tertiary/aromatic N) is 1. The van der Waals surface area contributed by atoms with E-state index in [0.717, 1.165) is 5.92 Å². The molecule has 102 valence electrons. The Bertz CT molecular complexity index is 333. The quantitative estimate of drug-likeness (QED) is 0.818. The summed E-state index contributed by atoms with van der Waals surface area (Å²) in [5, 5.41) is 5.05. The molecule has 0 atom stereocenters. The highest BCUT2D eigenvalue weighted by molar-refractivity contribution is 8.14. The van der Waals surface area contributed by atoms with Gasteiger partial charge in [0.05, 0.1) is 5.54 Å². The summed E-state index contributed by atoms with van der Waals surface area (Å²) in [7, 11) is 0. The van der Waals surface area contributed by atoms with Gasteiger partial charge in [-0.2, -0.15) is 0 Å². The van der Waals surface area contributed by atoms with Crippen molar-refractivity contribution >= 4 is 16.9 Å². The zero-order valence-corrected chi connectivity index (χ0v) is 12.6. The molecular weight excluding hydrogens is 240 g/mol. The van der Waals surface area contributed by atoms with Gasteiger partial charge in [0.25, 0.3) is 0 Å². The fourth-order valence-electron chi connectivity index (χ4n) is 3.49. The van der Waals surface area contributed by atoms with Crippen LogP contribution in [0.3, 0.4) is 0 Å². The van der Waals surface area contributed by atoms with Crippen LogP contribution in [0, 0.1) is 5.92 Å². The molecule has 1 aliphatic heterocycles. The molecular formula is C15H26N2S. The first-order chi connectivity index (χ1) is 8.65. The smallest absolute Gasteiger partial charge is 0.157 e. The van der Waals surface area contributed by atoms with Crippen LogP contribution < -0.4 is 5.32 Å². The first-order valence-electron chi connectivity index (χ1n) is 7.66. The zero-order valence-electron chi connectivity index (χ0n) is 11.8. The molecule has 3 rings (SSSR count). The monoisotopic (exact) mass is 266 g/mol. The maximum Gasteiger partial charge on any atom is 0.157 e. The van der Waals surface area contributed by atoms with E-state index in [1.807, 2.05) is 11.8 Å². The van der Waals surface area contributed by atoms with E-state index in [-0.39, 0.29) is 0 Å². The van der Waals surface area contributed by atoms with Crippen molar-refractivity contribution < 1.29 is 0 Å². The molecule has 1 heterocycles. The Labute approximate surface area is 115 Å². The summed E-state index contributed by atoms with van der Waals surface area (Å²) in [6, 6.07) is 0. The van der Waals surface area contributed by atoms with Gasteiger partial charge in [0.1, 0.15) is 0 Å². The van der Waals surface area contributed by atoms with Crippen LogP contribution in [0.15, 0.2) is 4.99 Å². The second kappa shape index (κ2) is 4.73. The van der Waals surface area contributed by atoms with Crippen molar-refractivity contribution in [2.24, 2.45) is 10.9 Å². The molecule has 0 unspecified atom stereocenters. The minimum atomic E-state index is 0.308. The molecule has 2 nitrogen and oxygen atoms in total.